The van der Waals surface area contributed by atoms with Gasteiger partial charge in [-0.05, 0) is 23.3 Å². The fourth-order valence-electron chi connectivity index (χ4n) is 2.48. The van der Waals surface area contributed by atoms with E-state index in [1.54, 1.807) is 12.2 Å². The summed E-state index contributed by atoms with van der Waals surface area (Å²) < 4.78 is 11.8. The highest BCUT2D eigenvalue weighted by Crippen LogP contribution is 2.47. The van der Waals surface area contributed by atoms with Gasteiger partial charge in [-0.1, -0.05) is 13.8 Å². The van der Waals surface area contributed by atoms with E-state index in [0.29, 0.717) is 0 Å². The van der Waals surface area contributed by atoms with Crippen LogP contribution < -0.4 is 0 Å². The van der Waals surface area contributed by atoms with Crippen molar-refractivity contribution in [3.63, 3.8) is 0 Å². The number of allylic oxidation sites excluding steroid dienone is 2. The fraction of sp³-hybridized carbons (Fsp3) is 0.615. The van der Waals surface area contributed by atoms with Crippen molar-refractivity contribution in [2.45, 2.75) is 32.5 Å². The molecular weight excluding hydrogens is 204 g/mol. The first kappa shape index (κ1) is 10.2. The fourth-order valence-corrected chi connectivity index (χ4v) is 2.48. The molecule has 0 radical (unpaired) electrons. The van der Waals surface area contributed by atoms with E-state index in [0.717, 1.165) is 37.2 Å². The molecule has 3 heteroatoms. The van der Waals surface area contributed by atoms with Gasteiger partial charge in [0.25, 0.3) is 0 Å². The van der Waals surface area contributed by atoms with Crippen LogP contribution >= 0.6 is 0 Å². The average Bonchev–Trinajstić information content (AvgIpc) is 2.66. The molecule has 1 aliphatic heterocycles. The van der Waals surface area contributed by atoms with Crippen molar-refractivity contribution in [3.8, 4) is 0 Å². The summed E-state index contributed by atoms with van der Waals surface area (Å²) in [4.78, 5) is 11.2. The average molecular weight is 220 g/mol. The highest BCUT2D eigenvalue weighted by atomic mass is 16.7. The molecule has 16 heavy (non-hydrogen) atoms. The second kappa shape index (κ2) is 3.05. The first-order chi connectivity index (χ1) is 7.48. The van der Waals surface area contributed by atoms with Crippen LogP contribution in [-0.2, 0) is 14.3 Å². The minimum Gasteiger partial charge on any atom is -0.349 e. The predicted octanol–water partition coefficient (Wildman–Crippen LogP) is 1.98. The topological polar surface area (TPSA) is 35.5 Å². The summed E-state index contributed by atoms with van der Waals surface area (Å²) >= 11 is 0. The van der Waals surface area contributed by atoms with E-state index in [-0.39, 0.29) is 11.2 Å². The Labute approximate surface area is 95.1 Å². The molecule has 3 rings (SSSR count). The summed E-state index contributed by atoms with van der Waals surface area (Å²) in [6.07, 6.45) is 4.86. The van der Waals surface area contributed by atoms with Crippen molar-refractivity contribution in [2.75, 3.05) is 13.2 Å². The summed E-state index contributed by atoms with van der Waals surface area (Å²) in [5, 5.41) is 0. The highest BCUT2D eigenvalue weighted by molar-refractivity contribution is 6.04. The van der Waals surface area contributed by atoms with Gasteiger partial charge < -0.3 is 9.47 Å². The van der Waals surface area contributed by atoms with E-state index in [2.05, 4.69) is 13.8 Å². The Morgan fingerprint density at radius 3 is 2.06 bits per heavy atom. The predicted molar refractivity (Wildman–Crippen MR) is 58.8 cm³/mol. The van der Waals surface area contributed by atoms with Gasteiger partial charge in [0.05, 0.1) is 13.2 Å². The number of carbonyl (C=O) groups is 1. The third-order valence-corrected chi connectivity index (χ3v) is 3.42. The minimum absolute atomic E-state index is 0.0987. The molecule has 1 saturated heterocycles. The number of rotatable bonds is 0. The van der Waals surface area contributed by atoms with Gasteiger partial charge in [-0.15, -0.1) is 0 Å². The SMILES string of the molecule is CC1(C)COC2(CC3=CC(=O)C=C3C2)OC1. The van der Waals surface area contributed by atoms with Crippen LogP contribution in [0.2, 0.25) is 0 Å². The van der Waals surface area contributed by atoms with Crippen molar-refractivity contribution in [1.29, 1.82) is 0 Å². The Bertz CT molecular complexity index is 379. The Kier molecular flexibility index (Phi) is 1.95. The lowest BCUT2D eigenvalue weighted by molar-refractivity contribution is -0.291. The van der Waals surface area contributed by atoms with Crippen molar-refractivity contribution < 1.29 is 14.3 Å². The van der Waals surface area contributed by atoms with E-state index in [1.807, 2.05) is 0 Å². The zero-order valence-electron chi connectivity index (χ0n) is 9.71. The molecule has 0 N–H and O–H groups in total. The number of hydrogen-bond acceptors (Lipinski definition) is 3. The number of ketones is 1. The maximum atomic E-state index is 11.2. The van der Waals surface area contributed by atoms with Gasteiger partial charge in [-0.3, -0.25) is 4.79 Å². The maximum Gasteiger partial charge on any atom is 0.179 e. The molecular formula is C13H16O3. The first-order valence-corrected chi connectivity index (χ1v) is 5.72. The molecule has 0 aromatic carbocycles. The molecule has 3 aliphatic rings. The van der Waals surface area contributed by atoms with Crippen LogP contribution in [0.15, 0.2) is 23.3 Å². The Morgan fingerprint density at radius 2 is 1.56 bits per heavy atom. The lowest BCUT2D eigenvalue weighted by Gasteiger charge is -2.41. The van der Waals surface area contributed by atoms with Gasteiger partial charge in [-0.2, -0.15) is 0 Å². The van der Waals surface area contributed by atoms with Gasteiger partial charge in [0.1, 0.15) is 0 Å². The summed E-state index contributed by atoms with van der Waals surface area (Å²) in [7, 11) is 0. The van der Waals surface area contributed by atoms with Gasteiger partial charge in [0, 0.05) is 18.3 Å². The van der Waals surface area contributed by atoms with Crippen LogP contribution in [0, 0.1) is 5.41 Å². The third-order valence-electron chi connectivity index (χ3n) is 3.42. The standard InChI is InChI=1S/C13H16O3/c1-12(2)7-15-13(16-8-12)5-9-3-11(14)4-10(9)6-13/h3-4H,5-8H2,1-2H3. The van der Waals surface area contributed by atoms with Crippen molar-refractivity contribution >= 4 is 5.78 Å². The summed E-state index contributed by atoms with van der Waals surface area (Å²) in [6.45, 7) is 5.72. The molecule has 0 bridgehead atoms. The molecule has 0 aromatic rings. The van der Waals surface area contributed by atoms with E-state index in [4.69, 9.17) is 9.47 Å². The molecule has 3 nitrogen and oxygen atoms in total. The van der Waals surface area contributed by atoms with Gasteiger partial charge >= 0.3 is 0 Å². The lowest BCUT2D eigenvalue weighted by Crippen LogP contribution is -2.45. The highest BCUT2D eigenvalue weighted by Gasteiger charge is 2.47. The second-order valence-corrected chi connectivity index (χ2v) is 5.75. The largest absolute Gasteiger partial charge is 0.349 e. The van der Waals surface area contributed by atoms with Gasteiger partial charge in [0.2, 0.25) is 0 Å². The molecule has 2 aliphatic carbocycles. The van der Waals surface area contributed by atoms with E-state index in [9.17, 15) is 4.79 Å². The molecule has 1 heterocycles. The van der Waals surface area contributed by atoms with E-state index < -0.39 is 5.79 Å². The van der Waals surface area contributed by atoms with Crippen LogP contribution in [0.5, 0.6) is 0 Å². The molecule has 1 saturated carbocycles. The van der Waals surface area contributed by atoms with Crippen LogP contribution in [0.3, 0.4) is 0 Å². The Balaban J connectivity index is 1.78. The van der Waals surface area contributed by atoms with Gasteiger partial charge in [0.15, 0.2) is 11.6 Å². The number of hydrogen-bond donors (Lipinski definition) is 0. The number of fused-ring (bicyclic) bond motifs is 1. The van der Waals surface area contributed by atoms with Crippen LogP contribution in [0.25, 0.3) is 0 Å². The molecule has 0 amide bonds. The number of ether oxygens (including phenoxy) is 2. The Hall–Kier alpha value is -0.930. The Morgan fingerprint density at radius 1 is 1.06 bits per heavy atom. The second-order valence-electron chi connectivity index (χ2n) is 5.75. The molecule has 1 spiro atoms. The van der Waals surface area contributed by atoms with E-state index in [1.165, 1.54) is 0 Å². The first-order valence-electron chi connectivity index (χ1n) is 5.72. The molecule has 2 fully saturated rings. The summed E-state index contributed by atoms with van der Waals surface area (Å²) in [5.41, 5.74) is 2.30. The van der Waals surface area contributed by atoms with Crippen LogP contribution in [-0.4, -0.2) is 24.8 Å². The van der Waals surface area contributed by atoms with Gasteiger partial charge in [-0.25, -0.2) is 0 Å². The van der Waals surface area contributed by atoms with E-state index >= 15 is 0 Å². The summed E-state index contributed by atoms with van der Waals surface area (Å²) in [6, 6.07) is 0. The van der Waals surface area contributed by atoms with Crippen molar-refractivity contribution in [3.05, 3.63) is 23.3 Å². The maximum absolute atomic E-state index is 11.2. The molecule has 86 valence electrons. The monoisotopic (exact) mass is 220 g/mol. The number of carbonyl (C=O) groups excluding carboxylic acids is 1. The molecule has 0 atom stereocenters. The molecule has 0 aromatic heterocycles. The zero-order valence-corrected chi connectivity index (χ0v) is 9.71. The summed E-state index contributed by atoms with van der Waals surface area (Å²) in [5.74, 6) is -0.371. The lowest BCUT2D eigenvalue weighted by atomic mass is 9.94. The molecule has 0 unspecified atom stereocenters. The smallest absolute Gasteiger partial charge is 0.179 e. The van der Waals surface area contributed by atoms with Crippen LogP contribution in [0.1, 0.15) is 26.7 Å². The minimum atomic E-state index is -0.478. The van der Waals surface area contributed by atoms with Crippen molar-refractivity contribution in [1.82, 2.24) is 0 Å². The quantitative estimate of drug-likeness (QED) is 0.626. The normalized spacial score (nSPS) is 30.2. The zero-order chi connectivity index (χ0) is 11.4. The third kappa shape index (κ3) is 1.55. The van der Waals surface area contributed by atoms with Crippen LogP contribution in [0.4, 0.5) is 0 Å². The van der Waals surface area contributed by atoms with Crippen molar-refractivity contribution in [2.24, 2.45) is 5.41 Å².